The number of esters is 2. The summed E-state index contributed by atoms with van der Waals surface area (Å²) in [7, 11) is 0. The second-order valence-corrected chi connectivity index (χ2v) is 8.06. The highest BCUT2D eigenvalue weighted by atomic mass is 16.6. The van der Waals surface area contributed by atoms with E-state index in [1.165, 1.54) is 0 Å². The van der Waals surface area contributed by atoms with Crippen molar-refractivity contribution in [3.8, 4) is 23.0 Å². The molecule has 0 saturated heterocycles. The fourth-order valence-corrected chi connectivity index (χ4v) is 3.95. The summed E-state index contributed by atoms with van der Waals surface area (Å²) in [6, 6.07) is 24.0. The van der Waals surface area contributed by atoms with Gasteiger partial charge in [-0.15, -0.1) is 0 Å². The summed E-state index contributed by atoms with van der Waals surface area (Å²) >= 11 is 0. The van der Waals surface area contributed by atoms with Crippen LogP contribution in [-0.4, -0.2) is 25.2 Å². The molecule has 1 heterocycles. The molecule has 1 aromatic heterocycles. The molecule has 0 atom stereocenters. The molecule has 0 saturated carbocycles. The van der Waals surface area contributed by atoms with E-state index >= 15 is 0 Å². The van der Waals surface area contributed by atoms with E-state index in [2.05, 4.69) is 0 Å². The van der Waals surface area contributed by atoms with Gasteiger partial charge in [-0.3, -0.25) is 0 Å². The molecule has 0 bridgehead atoms. The highest BCUT2D eigenvalue weighted by molar-refractivity contribution is 6.09. The van der Waals surface area contributed by atoms with Crippen molar-refractivity contribution in [2.75, 3.05) is 13.2 Å². The third-order valence-corrected chi connectivity index (χ3v) is 5.66. The number of rotatable bonds is 8. The van der Waals surface area contributed by atoms with Crippen molar-refractivity contribution in [3.05, 3.63) is 96.1 Å². The van der Waals surface area contributed by atoms with Crippen LogP contribution in [0.25, 0.3) is 21.9 Å². The normalized spacial score (nSPS) is 10.9. The fourth-order valence-electron chi connectivity index (χ4n) is 3.95. The lowest BCUT2D eigenvalue weighted by atomic mass is 10.1. The van der Waals surface area contributed by atoms with E-state index in [4.69, 9.17) is 23.4 Å². The Morgan fingerprint density at radius 2 is 1.00 bits per heavy atom. The van der Waals surface area contributed by atoms with Crippen molar-refractivity contribution in [1.82, 2.24) is 0 Å². The molecule has 7 heteroatoms. The molecule has 37 heavy (non-hydrogen) atoms. The highest BCUT2D eigenvalue weighted by Crippen LogP contribution is 2.39. The van der Waals surface area contributed by atoms with Crippen molar-refractivity contribution >= 4 is 33.9 Å². The Hall–Kier alpha value is -4.78. The van der Waals surface area contributed by atoms with Gasteiger partial charge in [0.15, 0.2) is 22.7 Å². The smallest absolute Gasteiger partial charge is 0.343 e. The number of benzene rings is 4. The number of hydrogen-bond acceptors (Lipinski definition) is 7. The summed E-state index contributed by atoms with van der Waals surface area (Å²) in [5.74, 6) is 0.806. The zero-order valence-electron chi connectivity index (χ0n) is 20.4. The van der Waals surface area contributed by atoms with Gasteiger partial charge in [0.2, 0.25) is 0 Å². The second-order valence-electron chi connectivity index (χ2n) is 8.06. The topological polar surface area (TPSA) is 84.2 Å². The maximum atomic E-state index is 12.8. The van der Waals surface area contributed by atoms with Crippen LogP contribution in [0.4, 0.5) is 0 Å². The van der Waals surface area contributed by atoms with Gasteiger partial charge in [0.1, 0.15) is 11.5 Å². The van der Waals surface area contributed by atoms with Gasteiger partial charge in [0.05, 0.1) is 24.3 Å². The molecule has 0 amide bonds. The SMILES string of the molecule is CCOc1ccc(C(=O)Oc2cccc3c2oc2c(OC(=O)c4ccc(OCC)cc4)cccc23)cc1. The number of carbonyl (C=O) groups excluding carboxylic acids is 2. The molecule has 186 valence electrons. The maximum absolute atomic E-state index is 12.8. The van der Waals surface area contributed by atoms with E-state index in [0.717, 1.165) is 10.8 Å². The molecule has 0 aliphatic rings. The van der Waals surface area contributed by atoms with Crippen molar-refractivity contribution in [2.24, 2.45) is 0 Å². The van der Waals surface area contributed by atoms with Gasteiger partial charge in [0, 0.05) is 10.8 Å². The first-order valence-corrected chi connectivity index (χ1v) is 11.9. The van der Waals surface area contributed by atoms with E-state index in [1.807, 2.05) is 26.0 Å². The minimum Gasteiger partial charge on any atom is -0.494 e. The van der Waals surface area contributed by atoms with Gasteiger partial charge in [0.25, 0.3) is 0 Å². The second kappa shape index (κ2) is 10.5. The zero-order valence-corrected chi connectivity index (χ0v) is 20.4. The molecule has 0 aliphatic heterocycles. The summed E-state index contributed by atoms with van der Waals surface area (Å²) in [6.45, 7) is 4.86. The predicted molar refractivity (Wildman–Crippen MR) is 139 cm³/mol. The predicted octanol–water partition coefficient (Wildman–Crippen LogP) is 6.82. The highest BCUT2D eigenvalue weighted by Gasteiger charge is 2.19. The van der Waals surface area contributed by atoms with Crippen LogP contribution in [0.1, 0.15) is 34.6 Å². The van der Waals surface area contributed by atoms with E-state index < -0.39 is 11.9 Å². The maximum Gasteiger partial charge on any atom is 0.343 e. The molecule has 5 rings (SSSR count). The Morgan fingerprint density at radius 1 is 0.595 bits per heavy atom. The van der Waals surface area contributed by atoms with Crippen LogP contribution in [0.2, 0.25) is 0 Å². The number of furan rings is 1. The number of hydrogen-bond donors (Lipinski definition) is 0. The lowest BCUT2D eigenvalue weighted by Crippen LogP contribution is -2.08. The molecule has 0 fully saturated rings. The summed E-state index contributed by atoms with van der Waals surface area (Å²) in [5, 5.41) is 1.46. The molecule has 0 spiro atoms. The Kier molecular flexibility index (Phi) is 6.76. The summed E-state index contributed by atoms with van der Waals surface area (Å²) in [6.07, 6.45) is 0. The third kappa shape index (κ3) is 4.97. The molecular formula is C30H24O7. The zero-order chi connectivity index (χ0) is 25.8. The molecule has 0 radical (unpaired) electrons. The van der Waals surface area contributed by atoms with Gasteiger partial charge >= 0.3 is 11.9 Å². The van der Waals surface area contributed by atoms with Crippen molar-refractivity contribution in [3.63, 3.8) is 0 Å². The number of fused-ring (bicyclic) bond motifs is 3. The average Bonchev–Trinajstić information content (AvgIpc) is 3.31. The monoisotopic (exact) mass is 496 g/mol. The number of carbonyl (C=O) groups is 2. The lowest BCUT2D eigenvalue weighted by molar-refractivity contribution is 0.0728. The van der Waals surface area contributed by atoms with E-state index in [1.54, 1.807) is 72.8 Å². The van der Waals surface area contributed by atoms with Crippen LogP contribution in [0.3, 0.4) is 0 Å². The van der Waals surface area contributed by atoms with Crippen molar-refractivity contribution in [2.45, 2.75) is 13.8 Å². The number of ether oxygens (including phenoxy) is 4. The Morgan fingerprint density at radius 3 is 1.38 bits per heavy atom. The third-order valence-electron chi connectivity index (χ3n) is 5.66. The molecule has 7 nitrogen and oxygen atoms in total. The van der Waals surface area contributed by atoms with Crippen LogP contribution in [0, 0.1) is 0 Å². The summed E-state index contributed by atoms with van der Waals surface area (Å²) in [5.41, 5.74) is 1.51. The Bertz CT molecular complexity index is 1450. The largest absolute Gasteiger partial charge is 0.494 e. The molecule has 0 N–H and O–H groups in total. The number of para-hydroxylation sites is 2. The van der Waals surface area contributed by atoms with Crippen molar-refractivity contribution < 1.29 is 33.0 Å². The minimum absolute atomic E-state index is 0.261. The quantitative estimate of drug-likeness (QED) is 0.172. The van der Waals surface area contributed by atoms with Crippen molar-refractivity contribution in [1.29, 1.82) is 0 Å². The standard InChI is InChI=1S/C30H24O7/c1-3-33-21-15-11-19(12-16-21)29(31)35-25-9-5-7-23-24-8-6-10-26(28(24)37-27(23)25)36-30(32)20-13-17-22(18-14-20)34-4-2/h5-18H,3-4H2,1-2H3. The van der Waals surface area contributed by atoms with Crippen LogP contribution >= 0.6 is 0 Å². The fraction of sp³-hybridized carbons (Fsp3) is 0.133. The molecular weight excluding hydrogens is 472 g/mol. The minimum atomic E-state index is -0.529. The first-order valence-electron chi connectivity index (χ1n) is 11.9. The average molecular weight is 497 g/mol. The summed E-state index contributed by atoms with van der Waals surface area (Å²) < 4.78 is 28.3. The van der Waals surface area contributed by atoms with E-state index in [0.29, 0.717) is 47.0 Å². The van der Waals surface area contributed by atoms with Crippen LogP contribution in [-0.2, 0) is 0 Å². The van der Waals surface area contributed by atoms with Gasteiger partial charge < -0.3 is 23.4 Å². The Balaban J connectivity index is 1.43. The molecule has 5 aromatic rings. The van der Waals surface area contributed by atoms with E-state index in [-0.39, 0.29) is 11.5 Å². The van der Waals surface area contributed by atoms with Crippen LogP contribution < -0.4 is 18.9 Å². The van der Waals surface area contributed by atoms with Gasteiger partial charge in [-0.2, -0.15) is 0 Å². The molecule has 0 aliphatic carbocycles. The van der Waals surface area contributed by atoms with Gasteiger partial charge in [-0.1, -0.05) is 24.3 Å². The first-order chi connectivity index (χ1) is 18.1. The Labute approximate surface area is 213 Å². The first kappa shape index (κ1) is 23.9. The van der Waals surface area contributed by atoms with E-state index in [9.17, 15) is 9.59 Å². The summed E-state index contributed by atoms with van der Waals surface area (Å²) in [4.78, 5) is 25.6. The van der Waals surface area contributed by atoms with Crippen LogP contribution in [0.5, 0.6) is 23.0 Å². The molecule has 4 aromatic carbocycles. The van der Waals surface area contributed by atoms with Gasteiger partial charge in [-0.25, -0.2) is 9.59 Å². The van der Waals surface area contributed by atoms with Gasteiger partial charge in [-0.05, 0) is 74.5 Å². The lowest BCUT2D eigenvalue weighted by Gasteiger charge is -2.06. The molecule has 0 unspecified atom stereocenters. The van der Waals surface area contributed by atoms with Crippen LogP contribution in [0.15, 0.2) is 89.3 Å².